The lowest BCUT2D eigenvalue weighted by molar-refractivity contribution is 0.105. The standard InChI is InChI=1S/C11H20N4O4/c1-2-3-4-15-9(12)8(10(18)14-11(15)19)13-5-7(17)6-16/h7,13,16-17H,2-6,12H2,1H3,(H,14,18,19). The van der Waals surface area contributed by atoms with Crippen LogP contribution in [0.15, 0.2) is 9.59 Å². The van der Waals surface area contributed by atoms with Gasteiger partial charge in [-0.1, -0.05) is 13.3 Å². The zero-order valence-electron chi connectivity index (χ0n) is 10.8. The molecule has 1 atom stereocenters. The first-order chi connectivity index (χ1) is 9.01. The third-order valence-electron chi connectivity index (χ3n) is 2.70. The second-order valence-corrected chi connectivity index (χ2v) is 4.24. The van der Waals surface area contributed by atoms with Gasteiger partial charge in [0.15, 0.2) is 0 Å². The van der Waals surface area contributed by atoms with Gasteiger partial charge >= 0.3 is 5.69 Å². The average molecular weight is 272 g/mol. The molecule has 108 valence electrons. The van der Waals surface area contributed by atoms with Gasteiger partial charge in [0.05, 0.1) is 12.7 Å². The number of hydrogen-bond acceptors (Lipinski definition) is 6. The number of hydrogen-bond donors (Lipinski definition) is 5. The van der Waals surface area contributed by atoms with Crippen LogP contribution in [-0.4, -0.2) is 39.0 Å². The van der Waals surface area contributed by atoms with Crippen LogP contribution in [0.4, 0.5) is 11.5 Å². The zero-order valence-corrected chi connectivity index (χ0v) is 10.8. The zero-order chi connectivity index (χ0) is 14.4. The highest BCUT2D eigenvalue weighted by atomic mass is 16.3. The summed E-state index contributed by atoms with van der Waals surface area (Å²) in [5, 5.41) is 20.6. The molecule has 0 saturated heterocycles. The molecule has 0 amide bonds. The number of aliphatic hydroxyl groups is 2. The fourth-order valence-electron chi connectivity index (χ4n) is 1.58. The van der Waals surface area contributed by atoms with Crippen molar-refractivity contribution < 1.29 is 10.2 Å². The highest BCUT2D eigenvalue weighted by Crippen LogP contribution is 2.10. The monoisotopic (exact) mass is 272 g/mol. The summed E-state index contributed by atoms with van der Waals surface area (Å²) >= 11 is 0. The highest BCUT2D eigenvalue weighted by Gasteiger charge is 2.12. The van der Waals surface area contributed by atoms with E-state index in [9.17, 15) is 14.7 Å². The Morgan fingerprint density at radius 3 is 2.74 bits per heavy atom. The van der Waals surface area contributed by atoms with Crippen molar-refractivity contribution in [2.45, 2.75) is 32.4 Å². The maximum absolute atomic E-state index is 11.6. The average Bonchev–Trinajstić information content (AvgIpc) is 2.37. The molecule has 0 spiro atoms. The van der Waals surface area contributed by atoms with E-state index in [1.807, 2.05) is 6.92 Å². The van der Waals surface area contributed by atoms with Gasteiger partial charge in [0.2, 0.25) is 0 Å². The summed E-state index contributed by atoms with van der Waals surface area (Å²) in [5.74, 6) is 0.0346. The van der Waals surface area contributed by atoms with Gasteiger partial charge in [0, 0.05) is 13.1 Å². The Labute approximate surface area is 109 Å². The summed E-state index contributed by atoms with van der Waals surface area (Å²) in [6.07, 6.45) is 0.640. The molecule has 19 heavy (non-hydrogen) atoms. The van der Waals surface area contributed by atoms with Crippen LogP contribution in [0.5, 0.6) is 0 Å². The Bertz CT molecular complexity index is 522. The van der Waals surface area contributed by atoms with E-state index in [2.05, 4.69) is 10.3 Å². The first-order valence-electron chi connectivity index (χ1n) is 6.16. The van der Waals surface area contributed by atoms with E-state index in [1.54, 1.807) is 0 Å². The van der Waals surface area contributed by atoms with Crippen LogP contribution >= 0.6 is 0 Å². The molecule has 0 radical (unpaired) electrons. The third kappa shape index (κ3) is 3.83. The molecule has 0 saturated carbocycles. The number of anilines is 2. The number of nitrogens with zero attached hydrogens (tertiary/aromatic N) is 1. The quantitative estimate of drug-likeness (QED) is 0.418. The van der Waals surface area contributed by atoms with Gasteiger partial charge in [-0.05, 0) is 6.42 Å². The van der Waals surface area contributed by atoms with Crippen LogP contribution in [0.25, 0.3) is 0 Å². The Balaban J connectivity index is 3.03. The Hall–Kier alpha value is -1.80. The molecular weight excluding hydrogens is 252 g/mol. The van der Waals surface area contributed by atoms with Gasteiger partial charge in [0.1, 0.15) is 11.5 Å². The molecule has 8 heteroatoms. The van der Waals surface area contributed by atoms with Crippen LogP contribution in [-0.2, 0) is 6.54 Å². The number of aliphatic hydroxyl groups excluding tert-OH is 2. The van der Waals surface area contributed by atoms with Crippen molar-refractivity contribution in [3.63, 3.8) is 0 Å². The molecule has 8 nitrogen and oxygen atoms in total. The Morgan fingerprint density at radius 1 is 1.47 bits per heavy atom. The summed E-state index contributed by atoms with van der Waals surface area (Å²) in [4.78, 5) is 25.4. The maximum Gasteiger partial charge on any atom is 0.330 e. The predicted octanol–water partition coefficient (Wildman–Crippen LogP) is -1.32. The van der Waals surface area contributed by atoms with Crippen molar-refractivity contribution in [2.75, 3.05) is 24.2 Å². The van der Waals surface area contributed by atoms with Crippen molar-refractivity contribution in [1.82, 2.24) is 9.55 Å². The molecule has 6 N–H and O–H groups in total. The summed E-state index contributed by atoms with van der Waals surface area (Å²) in [5.41, 5.74) is 4.63. The van der Waals surface area contributed by atoms with E-state index in [0.29, 0.717) is 6.54 Å². The van der Waals surface area contributed by atoms with Crippen molar-refractivity contribution in [1.29, 1.82) is 0 Å². The number of unbranched alkanes of at least 4 members (excludes halogenated alkanes) is 1. The molecule has 0 bridgehead atoms. The van der Waals surface area contributed by atoms with E-state index in [-0.39, 0.29) is 18.1 Å². The molecule has 1 heterocycles. The molecule has 0 aliphatic rings. The lowest BCUT2D eigenvalue weighted by Gasteiger charge is -2.14. The number of nitrogen functional groups attached to an aromatic ring is 1. The third-order valence-corrected chi connectivity index (χ3v) is 2.70. The van der Waals surface area contributed by atoms with Crippen LogP contribution in [0.1, 0.15) is 19.8 Å². The van der Waals surface area contributed by atoms with Crippen LogP contribution in [0.2, 0.25) is 0 Å². The normalized spacial score (nSPS) is 12.4. The minimum absolute atomic E-state index is 0.0307. The first-order valence-corrected chi connectivity index (χ1v) is 6.16. The van der Waals surface area contributed by atoms with E-state index in [1.165, 1.54) is 4.57 Å². The second-order valence-electron chi connectivity index (χ2n) is 4.24. The summed E-state index contributed by atoms with van der Waals surface area (Å²) in [7, 11) is 0. The van der Waals surface area contributed by atoms with Crippen molar-refractivity contribution in [3.8, 4) is 0 Å². The number of nitrogens with one attached hydrogen (secondary N) is 2. The van der Waals surface area contributed by atoms with Gasteiger partial charge in [-0.15, -0.1) is 0 Å². The molecule has 0 aliphatic carbocycles. The molecule has 1 aromatic rings. The minimum atomic E-state index is -1.00. The Kier molecular flexibility index (Phi) is 5.58. The summed E-state index contributed by atoms with van der Waals surface area (Å²) in [6, 6.07) is 0. The van der Waals surface area contributed by atoms with Crippen molar-refractivity contribution in [3.05, 3.63) is 20.8 Å². The highest BCUT2D eigenvalue weighted by molar-refractivity contribution is 5.60. The fourth-order valence-corrected chi connectivity index (χ4v) is 1.58. The smallest absolute Gasteiger partial charge is 0.330 e. The number of rotatable bonds is 7. The van der Waals surface area contributed by atoms with Gasteiger partial charge in [-0.3, -0.25) is 14.3 Å². The Morgan fingerprint density at radius 2 is 2.16 bits per heavy atom. The predicted molar refractivity (Wildman–Crippen MR) is 72.2 cm³/mol. The van der Waals surface area contributed by atoms with Gasteiger partial charge < -0.3 is 21.3 Å². The SMILES string of the molecule is CCCCn1c(N)c(NCC(O)CO)c(=O)[nH]c1=O. The molecule has 1 rings (SSSR count). The van der Waals surface area contributed by atoms with Crippen LogP contribution in [0.3, 0.4) is 0 Å². The molecule has 1 aromatic heterocycles. The van der Waals surface area contributed by atoms with E-state index < -0.39 is 24.0 Å². The fraction of sp³-hybridized carbons (Fsp3) is 0.636. The van der Waals surface area contributed by atoms with Gasteiger partial charge in [0.25, 0.3) is 5.56 Å². The lowest BCUT2D eigenvalue weighted by atomic mass is 10.3. The number of H-pyrrole nitrogens is 1. The molecule has 0 aliphatic heterocycles. The van der Waals surface area contributed by atoms with Gasteiger partial charge in [-0.2, -0.15) is 0 Å². The van der Waals surface area contributed by atoms with E-state index >= 15 is 0 Å². The lowest BCUT2D eigenvalue weighted by Crippen LogP contribution is -2.35. The summed E-state index contributed by atoms with van der Waals surface area (Å²) < 4.78 is 1.28. The maximum atomic E-state index is 11.6. The minimum Gasteiger partial charge on any atom is -0.394 e. The topological polar surface area (TPSA) is 133 Å². The second kappa shape index (κ2) is 6.95. The molecule has 1 unspecified atom stereocenters. The summed E-state index contributed by atoms with van der Waals surface area (Å²) in [6.45, 7) is 1.93. The molecular formula is C11H20N4O4. The van der Waals surface area contributed by atoms with E-state index in [0.717, 1.165) is 12.8 Å². The number of nitrogens with two attached hydrogens (primary N) is 1. The van der Waals surface area contributed by atoms with Crippen molar-refractivity contribution in [2.24, 2.45) is 0 Å². The largest absolute Gasteiger partial charge is 0.394 e. The van der Waals surface area contributed by atoms with Crippen LogP contribution < -0.4 is 22.3 Å². The van der Waals surface area contributed by atoms with Crippen molar-refractivity contribution >= 4 is 11.5 Å². The number of aromatic amines is 1. The van der Waals surface area contributed by atoms with Gasteiger partial charge in [-0.25, -0.2) is 4.79 Å². The van der Waals surface area contributed by atoms with Crippen LogP contribution in [0, 0.1) is 0 Å². The molecule has 0 fully saturated rings. The first kappa shape index (κ1) is 15.3. The van der Waals surface area contributed by atoms with E-state index in [4.69, 9.17) is 10.8 Å². The molecule has 0 aromatic carbocycles. The number of aromatic nitrogens is 2.